The van der Waals surface area contributed by atoms with Gasteiger partial charge in [0.1, 0.15) is 18.1 Å². The number of carbonyl (C=O) groups is 1. The van der Waals surface area contributed by atoms with E-state index in [1.807, 2.05) is 0 Å². The molecule has 7 heteroatoms. The number of nitrogens with zero attached hydrogens (tertiary/aromatic N) is 3. The van der Waals surface area contributed by atoms with Crippen LogP contribution in [0.3, 0.4) is 0 Å². The lowest BCUT2D eigenvalue weighted by atomic mass is 10.3. The molecule has 98 valence electrons. The third kappa shape index (κ3) is 2.20. The van der Waals surface area contributed by atoms with Crippen molar-refractivity contribution in [3.8, 4) is 0 Å². The molecule has 2 heterocycles. The van der Waals surface area contributed by atoms with Crippen molar-refractivity contribution in [1.29, 1.82) is 0 Å². The van der Waals surface area contributed by atoms with E-state index in [1.54, 1.807) is 11.8 Å². The molecule has 0 spiro atoms. The predicted octanol–water partition coefficient (Wildman–Crippen LogP) is 0.662. The Balaban J connectivity index is 2.28. The summed E-state index contributed by atoms with van der Waals surface area (Å²) in [7, 11) is 0. The van der Waals surface area contributed by atoms with Crippen LogP contribution in [0.25, 0.3) is 0 Å². The zero-order valence-corrected chi connectivity index (χ0v) is 10.9. The monoisotopic (exact) mass is 270 g/mol. The maximum atomic E-state index is 12.2. The fraction of sp³-hybridized carbons (Fsp3) is 0.545. The molecule has 0 aromatic carbocycles. The third-order valence-corrected chi connectivity index (χ3v) is 3.48. The molecule has 0 aliphatic carbocycles. The van der Waals surface area contributed by atoms with Gasteiger partial charge in [0.15, 0.2) is 5.15 Å². The van der Waals surface area contributed by atoms with Gasteiger partial charge in [0, 0.05) is 13.1 Å². The topological polar surface area (TPSA) is 81.2 Å². The Kier molecular flexibility index (Phi) is 3.56. The zero-order chi connectivity index (χ0) is 13.3. The number of rotatable bonds is 2. The number of carbonyl (C=O) groups excluding carboxylic acids is 1. The van der Waals surface area contributed by atoms with Gasteiger partial charge in [-0.05, 0) is 19.8 Å². The summed E-state index contributed by atoms with van der Waals surface area (Å²) in [6.07, 6.45) is 3.28. The van der Waals surface area contributed by atoms with Crippen LogP contribution in [-0.2, 0) is 4.79 Å². The van der Waals surface area contributed by atoms with Crippen LogP contribution in [0.1, 0.15) is 25.8 Å². The molecule has 1 aromatic heterocycles. The van der Waals surface area contributed by atoms with Crippen LogP contribution >= 0.6 is 11.6 Å². The van der Waals surface area contributed by atoms with E-state index >= 15 is 0 Å². The first-order valence-corrected chi connectivity index (χ1v) is 6.21. The minimum absolute atomic E-state index is 0.0305. The number of likely N-dealkylation sites (tertiary alicyclic amines) is 1. The number of anilines is 1. The summed E-state index contributed by atoms with van der Waals surface area (Å²) in [5.74, 6) is -0.0851. The van der Waals surface area contributed by atoms with Crippen molar-refractivity contribution in [1.82, 2.24) is 14.5 Å². The highest BCUT2D eigenvalue weighted by molar-refractivity contribution is 6.31. The summed E-state index contributed by atoms with van der Waals surface area (Å²) in [6.45, 7) is 3.15. The first-order valence-electron chi connectivity index (χ1n) is 5.83. The van der Waals surface area contributed by atoms with Gasteiger partial charge in [-0.3, -0.25) is 14.2 Å². The summed E-state index contributed by atoms with van der Waals surface area (Å²) in [5, 5.41) is -0.0305. The summed E-state index contributed by atoms with van der Waals surface area (Å²) in [4.78, 5) is 29.6. The number of nitrogen functional groups attached to an aromatic ring is 1. The minimum atomic E-state index is -0.609. The van der Waals surface area contributed by atoms with Gasteiger partial charge in [-0.25, -0.2) is 4.98 Å². The van der Waals surface area contributed by atoms with E-state index in [4.69, 9.17) is 17.3 Å². The van der Waals surface area contributed by atoms with Crippen LogP contribution < -0.4 is 11.3 Å². The van der Waals surface area contributed by atoms with E-state index in [-0.39, 0.29) is 16.7 Å². The normalized spacial score (nSPS) is 16.9. The molecule has 1 aromatic rings. The van der Waals surface area contributed by atoms with Crippen molar-refractivity contribution in [2.45, 2.75) is 25.8 Å². The molecule has 0 radical (unpaired) electrons. The number of hydrogen-bond acceptors (Lipinski definition) is 4. The Labute approximate surface area is 109 Å². The molecule has 1 fully saturated rings. The van der Waals surface area contributed by atoms with E-state index in [2.05, 4.69) is 4.98 Å². The zero-order valence-electron chi connectivity index (χ0n) is 10.1. The van der Waals surface area contributed by atoms with Gasteiger partial charge < -0.3 is 10.6 Å². The molecule has 2 rings (SSSR count). The Morgan fingerprint density at radius 3 is 2.72 bits per heavy atom. The molecule has 1 unspecified atom stereocenters. The minimum Gasteiger partial charge on any atom is -0.392 e. The molecule has 18 heavy (non-hydrogen) atoms. The maximum Gasteiger partial charge on any atom is 0.278 e. The lowest BCUT2D eigenvalue weighted by Crippen LogP contribution is -2.38. The fourth-order valence-electron chi connectivity index (χ4n) is 2.06. The van der Waals surface area contributed by atoms with Gasteiger partial charge in [0.05, 0.1) is 0 Å². The van der Waals surface area contributed by atoms with Crippen molar-refractivity contribution >= 4 is 23.2 Å². The fourth-order valence-corrected chi connectivity index (χ4v) is 2.18. The average molecular weight is 271 g/mol. The SMILES string of the molecule is CC(C(=O)N1CCCC1)n1cnc(Cl)c(N)c1=O. The molecule has 2 N–H and O–H groups in total. The highest BCUT2D eigenvalue weighted by Gasteiger charge is 2.25. The number of nitrogens with two attached hydrogens (primary N) is 1. The predicted molar refractivity (Wildman–Crippen MR) is 68.4 cm³/mol. The van der Waals surface area contributed by atoms with Crippen molar-refractivity contribution < 1.29 is 4.79 Å². The van der Waals surface area contributed by atoms with Crippen LogP contribution in [0, 0.1) is 0 Å². The van der Waals surface area contributed by atoms with E-state index in [0.717, 1.165) is 25.9 Å². The molecular formula is C11H15ClN4O2. The van der Waals surface area contributed by atoms with E-state index in [0.29, 0.717) is 0 Å². The molecule has 1 amide bonds. The first-order chi connectivity index (χ1) is 8.52. The standard InChI is InChI=1S/C11H15ClN4O2/c1-7(10(17)15-4-2-3-5-15)16-6-14-9(12)8(13)11(16)18/h6-7H,2-5,13H2,1H3. The number of amides is 1. The van der Waals surface area contributed by atoms with Crippen LogP contribution in [0.5, 0.6) is 0 Å². The van der Waals surface area contributed by atoms with Crippen molar-refractivity contribution in [3.05, 3.63) is 21.8 Å². The van der Waals surface area contributed by atoms with Gasteiger partial charge >= 0.3 is 0 Å². The van der Waals surface area contributed by atoms with Crippen LogP contribution in [-0.4, -0.2) is 33.4 Å². The van der Waals surface area contributed by atoms with E-state index in [1.165, 1.54) is 10.9 Å². The molecule has 1 atom stereocenters. The second-order valence-corrected chi connectivity index (χ2v) is 4.73. The summed E-state index contributed by atoms with van der Waals surface area (Å²) >= 11 is 5.65. The molecule has 1 saturated heterocycles. The summed E-state index contributed by atoms with van der Waals surface area (Å²) in [5.41, 5.74) is 4.92. The van der Waals surface area contributed by atoms with Crippen molar-refractivity contribution in [3.63, 3.8) is 0 Å². The summed E-state index contributed by atoms with van der Waals surface area (Å²) < 4.78 is 1.22. The number of aromatic nitrogens is 2. The summed E-state index contributed by atoms with van der Waals surface area (Å²) in [6, 6.07) is -0.609. The van der Waals surface area contributed by atoms with Gasteiger partial charge in [-0.2, -0.15) is 0 Å². The highest BCUT2D eigenvalue weighted by Crippen LogP contribution is 2.16. The van der Waals surface area contributed by atoms with Gasteiger partial charge in [0.25, 0.3) is 5.56 Å². The lowest BCUT2D eigenvalue weighted by Gasteiger charge is -2.21. The molecule has 0 saturated carbocycles. The van der Waals surface area contributed by atoms with Crippen LogP contribution in [0.15, 0.2) is 11.1 Å². The smallest absolute Gasteiger partial charge is 0.278 e. The molecule has 0 bridgehead atoms. The van der Waals surface area contributed by atoms with Gasteiger partial charge in [0.2, 0.25) is 5.91 Å². The molecular weight excluding hydrogens is 256 g/mol. The van der Waals surface area contributed by atoms with Gasteiger partial charge in [-0.1, -0.05) is 11.6 Å². The second-order valence-electron chi connectivity index (χ2n) is 4.37. The van der Waals surface area contributed by atoms with E-state index in [9.17, 15) is 9.59 Å². The van der Waals surface area contributed by atoms with Crippen LogP contribution in [0.2, 0.25) is 5.15 Å². The molecule has 1 aliphatic rings. The third-order valence-electron chi connectivity index (χ3n) is 3.18. The quantitative estimate of drug-likeness (QED) is 0.801. The first kappa shape index (κ1) is 12.9. The molecule has 6 nitrogen and oxygen atoms in total. The van der Waals surface area contributed by atoms with Crippen molar-refractivity contribution in [2.24, 2.45) is 0 Å². The average Bonchev–Trinajstić information content (AvgIpc) is 2.88. The molecule has 1 aliphatic heterocycles. The second kappa shape index (κ2) is 4.97. The number of halogens is 1. The number of hydrogen-bond donors (Lipinski definition) is 1. The maximum absolute atomic E-state index is 12.2. The van der Waals surface area contributed by atoms with E-state index < -0.39 is 11.6 Å². The Morgan fingerprint density at radius 2 is 2.11 bits per heavy atom. The Morgan fingerprint density at radius 1 is 1.50 bits per heavy atom. The van der Waals surface area contributed by atoms with Crippen LogP contribution in [0.4, 0.5) is 5.69 Å². The largest absolute Gasteiger partial charge is 0.392 e. The Hall–Kier alpha value is -1.56. The lowest BCUT2D eigenvalue weighted by molar-refractivity contribution is -0.133. The van der Waals surface area contributed by atoms with Gasteiger partial charge in [-0.15, -0.1) is 0 Å². The Bertz CT molecular complexity index is 522. The highest BCUT2D eigenvalue weighted by atomic mass is 35.5. The van der Waals surface area contributed by atoms with Crippen molar-refractivity contribution in [2.75, 3.05) is 18.8 Å².